The van der Waals surface area contributed by atoms with Crippen LogP contribution in [0.3, 0.4) is 0 Å². The maximum absolute atomic E-state index is 12.0. The molecule has 0 bridgehead atoms. The number of hydrogen-bond acceptors (Lipinski definition) is 4. The van der Waals surface area contributed by atoms with Gasteiger partial charge in [0.15, 0.2) is 0 Å². The van der Waals surface area contributed by atoms with Crippen molar-refractivity contribution in [3.63, 3.8) is 0 Å². The summed E-state index contributed by atoms with van der Waals surface area (Å²) in [6.45, 7) is 4.42. The van der Waals surface area contributed by atoms with Gasteiger partial charge < -0.3 is 9.47 Å². The van der Waals surface area contributed by atoms with E-state index in [9.17, 15) is 9.59 Å². The number of hydrogen-bond donors (Lipinski definition) is 0. The van der Waals surface area contributed by atoms with E-state index in [4.69, 9.17) is 9.47 Å². The molecule has 0 fully saturated rings. The summed E-state index contributed by atoms with van der Waals surface area (Å²) in [5.74, 6) is 0.415. The second-order valence-electron chi connectivity index (χ2n) is 8.17. The third-order valence-corrected chi connectivity index (χ3v) is 5.24. The molecule has 0 spiro atoms. The van der Waals surface area contributed by atoms with Gasteiger partial charge in [-0.1, -0.05) is 97.0 Å². The van der Waals surface area contributed by atoms with Crippen molar-refractivity contribution >= 4 is 11.9 Å². The molecule has 0 saturated heterocycles. The van der Waals surface area contributed by atoms with Gasteiger partial charge in [0, 0.05) is 18.9 Å². The van der Waals surface area contributed by atoms with Crippen molar-refractivity contribution in [2.75, 3.05) is 0 Å². The monoisotopic (exact) mass is 418 g/mol. The minimum absolute atomic E-state index is 0.227. The lowest BCUT2D eigenvalue weighted by Crippen LogP contribution is -2.09. The second kappa shape index (κ2) is 18.0. The van der Waals surface area contributed by atoms with Gasteiger partial charge in [-0.2, -0.15) is 0 Å². The molecule has 4 nitrogen and oxygen atoms in total. The maximum atomic E-state index is 12.0. The van der Waals surface area contributed by atoms with Crippen LogP contribution in [0.25, 0.3) is 0 Å². The summed E-state index contributed by atoms with van der Waals surface area (Å²) in [6, 6.07) is 6.80. The van der Waals surface area contributed by atoms with Crippen LogP contribution in [-0.4, -0.2) is 11.9 Å². The number of benzene rings is 1. The fourth-order valence-electron chi connectivity index (χ4n) is 3.42. The van der Waals surface area contributed by atoms with Crippen LogP contribution in [0, 0.1) is 0 Å². The van der Waals surface area contributed by atoms with E-state index in [2.05, 4.69) is 13.8 Å². The lowest BCUT2D eigenvalue weighted by Gasteiger charge is -2.08. The quantitative estimate of drug-likeness (QED) is 0.139. The van der Waals surface area contributed by atoms with Gasteiger partial charge in [-0.15, -0.1) is 0 Å². The summed E-state index contributed by atoms with van der Waals surface area (Å²) in [4.78, 5) is 24.0. The highest BCUT2D eigenvalue weighted by atomic mass is 16.5. The first kappa shape index (κ1) is 26.2. The van der Waals surface area contributed by atoms with Crippen molar-refractivity contribution in [2.45, 2.75) is 117 Å². The molecule has 1 aromatic rings. The first-order valence-corrected chi connectivity index (χ1v) is 12.2. The minimum atomic E-state index is -0.227. The molecule has 1 aromatic carbocycles. The van der Waals surface area contributed by atoms with Gasteiger partial charge >= 0.3 is 11.9 Å². The number of carbonyl (C=O) groups is 2. The average molecular weight is 419 g/mol. The van der Waals surface area contributed by atoms with Gasteiger partial charge in [0.1, 0.15) is 11.5 Å². The Labute approximate surface area is 183 Å². The fourth-order valence-corrected chi connectivity index (χ4v) is 3.42. The molecule has 0 aliphatic heterocycles. The Bertz CT molecular complexity index is 535. The molecule has 0 aromatic heterocycles. The highest BCUT2D eigenvalue weighted by Gasteiger charge is 2.09. The van der Waals surface area contributed by atoms with Crippen molar-refractivity contribution in [2.24, 2.45) is 0 Å². The zero-order chi connectivity index (χ0) is 21.9. The molecule has 30 heavy (non-hydrogen) atoms. The van der Waals surface area contributed by atoms with E-state index in [-0.39, 0.29) is 11.9 Å². The van der Waals surface area contributed by atoms with E-state index in [1.54, 1.807) is 24.3 Å². The largest absolute Gasteiger partial charge is 0.426 e. The van der Waals surface area contributed by atoms with Crippen LogP contribution in [0.5, 0.6) is 11.5 Å². The zero-order valence-electron chi connectivity index (χ0n) is 19.3. The number of unbranched alkanes of at least 4 members (excludes halogenated alkanes) is 12. The molecular weight excluding hydrogens is 376 g/mol. The van der Waals surface area contributed by atoms with Crippen molar-refractivity contribution in [1.82, 2.24) is 0 Å². The highest BCUT2D eigenvalue weighted by molar-refractivity contribution is 5.74. The second-order valence-corrected chi connectivity index (χ2v) is 8.17. The normalized spacial score (nSPS) is 10.7. The van der Waals surface area contributed by atoms with E-state index in [1.807, 2.05) is 0 Å². The lowest BCUT2D eigenvalue weighted by atomic mass is 10.1. The predicted molar refractivity (Wildman–Crippen MR) is 123 cm³/mol. The summed E-state index contributed by atoms with van der Waals surface area (Å²) in [7, 11) is 0. The van der Waals surface area contributed by atoms with Crippen LogP contribution < -0.4 is 9.47 Å². The van der Waals surface area contributed by atoms with Gasteiger partial charge in [-0.3, -0.25) is 9.59 Å². The molecule has 0 saturated carbocycles. The molecular formula is C26H42O4. The minimum Gasteiger partial charge on any atom is -0.426 e. The number of rotatable bonds is 18. The SMILES string of the molecule is CCCCCCCCCC(=O)Oc1cccc(OC(=O)CCCCCCCCC)c1. The third-order valence-electron chi connectivity index (χ3n) is 5.24. The molecule has 0 aliphatic carbocycles. The van der Waals surface area contributed by atoms with Crippen molar-refractivity contribution in [1.29, 1.82) is 0 Å². The average Bonchev–Trinajstić information content (AvgIpc) is 2.72. The molecule has 0 unspecified atom stereocenters. The summed E-state index contributed by atoms with van der Waals surface area (Å²) in [5, 5.41) is 0. The zero-order valence-corrected chi connectivity index (χ0v) is 19.3. The maximum Gasteiger partial charge on any atom is 0.311 e. The van der Waals surface area contributed by atoms with Crippen LogP contribution >= 0.6 is 0 Å². The van der Waals surface area contributed by atoms with E-state index < -0.39 is 0 Å². The molecule has 0 aliphatic rings. The first-order chi connectivity index (χ1) is 14.7. The van der Waals surface area contributed by atoms with E-state index >= 15 is 0 Å². The van der Waals surface area contributed by atoms with Crippen molar-refractivity contribution in [3.05, 3.63) is 24.3 Å². The molecule has 0 heterocycles. The van der Waals surface area contributed by atoms with E-state index in [1.165, 1.54) is 64.2 Å². The fraction of sp³-hybridized carbons (Fsp3) is 0.692. The Morgan fingerprint density at radius 2 is 0.967 bits per heavy atom. The summed E-state index contributed by atoms with van der Waals surface area (Å²) in [5.41, 5.74) is 0. The first-order valence-electron chi connectivity index (χ1n) is 12.2. The van der Waals surface area contributed by atoms with Gasteiger partial charge in [0.05, 0.1) is 0 Å². The third kappa shape index (κ3) is 14.2. The van der Waals surface area contributed by atoms with Crippen LogP contribution in [0.4, 0.5) is 0 Å². The Morgan fingerprint density at radius 1 is 0.600 bits per heavy atom. The van der Waals surface area contributed by atoms with Gasteiger partial charge in [-0.25, -0.2) is 0 Å². The van der Waals surface area contributed by atoms with E-state index in [0.29, 0.717) is 24.3 Å². The summed E-state index contributed by atoms with van der Waals surface area (Å²) in [6.07, 6.45) is 17.2. The number of esters is 2. The Morgan fingerprint density at radius 3 is 1.37 bits per heavy atom. The number of carbonyl (C=O) groups excluding carboxylic acids is 2. The smallest absolute Gasteiger partial charge is 0.311 e. The molecule has 0 amide bonds. The Kier molecular flexibility index (Phi) is 15.7. The summed E-state index contributed by atoms with van der Waals surface area (Å²) >= 11 is 0. The van der Waals surface area contributed by atoms with Gasteiger partial charge in [-0.05, 0) is 25.0 Å². The number of ether oxygens (including phenoxy) is 2. The highest BCUT2D eigenvalue weighted by Crippen LogP contribution is 2.21. The molecule has 0 N–H and O–H groups in total. The lowest BCUT2D eigenvalue weighted by molar-refractivity contribution is -0.135. The Balaban J connectivity index is 2.20. The Hall–Kier alpha value is -1.84. The van der Waals surface area contributed by atoms with Crippen LogP contribution in [-0.2, 0) is 9.59 Å². The van der Waals surface area contributed by atoms with Gasteiger partial charge in [0.2, 0.25) is 0 Å². The van der Waals surface area contributed by atoms with Crippen molar-refractivity contribution in [3.8, 4) is 11.5 Å². The molecule has 170 valence electrons. The topological polar surface area (TPSA) is 52.6 Å². The molecule has 0 atom stereocenters. The standard InChI is InChI=1S/C26H42O4/c1-3-5-7-9-11-13-15-20-25(27)29-23-18-17-19-24(22-23)30-26(28)21-16-14-12-10-8-6-4-2/h17-19,22H,3-16,20-21H2,1-2H3. The molecule has 1 rings (SSSR count). The van der Waals surface area contributed by atoms with Crippen molar-refractivity contribution < 1.29 is 19.1 Å². The molecule has 4 heteroatoms. The van der Waals surface area contributed by atoms with Crippen LogP contribution in [0.1, 0.15) is 117 Å². The van der Waals surface area contributed by atoms with Crippen LogP contribution in [0.15, 0.2) is 24.3 Å². The predicted octanol–water partition coefficient (Wildman–Crippen LogP) is 7.78. The van der Waals surface area contributed by atoms with Crippen LogP contribution in [0.2, 0.25) is 0 Å². The van der Waals surface area contributed by atoms with Gasteiger partial charge in [0.25, 0.3) is 0 Å². The molecule has 0 radical (unpaired) electrons. The van der Waals surface area contributed by atoms with E-state index in [0.717, 1.165) is 25.7 Å². The summed E-state index contributed by atoms with van der Waals surface area (Å²) < 4.78 is 10.8.